The topological polar surface area (TPSA) is 115 Å². The molecule has 0 radical (unpaired) electrons. The van der Waals surface area contributed by atoms with Crippen LogP contribution in [0, 0.1) is 6.92 Å². The second kappa shape index (κ2) is 7.63. The molecule has 1 aliphatic heterocycles. The summed E-state index contributed by atoms with van der Waals surface area (Å²) in [7, 11) is 0. The number of nitrogens with one attached hydrogen (secondary N) is 2. The molecule has 1 aromatic carbocycles. The van der Waals surface area contributed by atoms with Crippen LogP contribution in [0.25, 0.3) is 5.52 Å². The van der Waals surface area contributed by atoms with Crippen molar-refractivity contribution >= 4 is 29.0 Å². The number of carbonyl (C=O) groups excluding carboxylic acids is 1. The molecule has 0 atom stereocenters. The molecule has 3 N–H and O–H groups in total. The van der Waals surface area contributed by atoms with Gasteiger partial charge in [-0.25, -0.2) is 4.52 Å². The van der Waals surface area contributed by atoms with Gasteiger partial charge in [0.1, 0.15) is 11.3 Å². The molecular weight excluding hydrogens is 396 g/mol. The molecule has 158 valence electrons. The quantitative estimate of drug-likeness (QED) is 0.465. The number of rotatable bonds is 4. The van der Waals surface area contributed by atoms with Gasteiger partial charge in [-0.05, 0) is 31.2 Å². The van der Waals surface area contributed by atoms with Crippen LogP contribution < -0.4 is 10.2 Å². The van der Waals surface area contributed by atoms with Gasteiger partial charge in [0.25, 0.3) is 5.91 Å². The summed E-state index contributed by atoms with van der Waals surface area (Å²) in [5, 5.41) is 25.0. The van der Waals surface area contributed by atoms with E-state index < -0.39 is 0 Å². The molecule has 4 aromatic rings. The highest BCUT2D eigenvalue weighted by molar-refractivity contribution is 5.96. The summed E-state index contributed by atoms with van der Waals surface area (Å²) >= 11 is 0. The molecule has 0 aliphatic carbocycles. The Morgan fingerprint density at radius 2 is 1.94 bits per heavy atom. The third kappa shape index (κ3) is 3.63. The zero-order chi connectivity index (χ0) is 21.4. The van der Waals surface area contributed by atoms with Crippen LogP contribution in [-0.2, 0) is 0 Å². The van der Waals surface area contributed by atoms with Gasteiger partial charge >= 0.3 is 0 Å². The largest absolute Gasteiger partial charge is 0.507 e. The lowest BCUT2D eigenvalue weighted by molar-refractivity contribution is 0.0743. The molecule has 5 rings (SSSR count). The number of anilines is 3. The van der Waals surface area contributed by atoms with Crippen LogP contribution >= 0.6 is 0 Å². The minimum Gasteiger partial charge on any atom is -0.507 e. The summed E-state index contributed by atoms with van der Waals surface area (Å²) in [4.78, 5) is 21.3. The first-order valence-electron chi connectivity index (χ1n) is 10.0. The van der Waals surface area contributed by atoms with Gasteiger partial charge in [0.2, 0.25) is 5.95 Å². The normalized spacial score (nSPS) is 14.2. The standard InChI is InChI=1S/C21H22N8O2/c1-14-13-18(25-24-14)22-19-16-6-4-8-29(16)26-21(23-19)28-11-9-27(10-12-28)20(31)15-5-2-3-7-17(15)30/h2-8,13,30H,9-12H2,1H3,(H2,22,23,24,25,26). The maximum absolute atomic E-state index is 12.8. The van der Waals surface area contributed by atoms with E-state index in [9.17, 15) is 9.90 Å². The van der Waals surface area contributed by atoms with E-state index in [-0.39, 0.29) is 11.7 Å². The highest BCUT2D eigenvalue weighted by atomic mass is 16.3. The molecule has 0 bridgehead atoms. The molecular formula is C21H22N8O2. The number of aryl methyl sites for hydroxylation is 1. The summed E-state index contributed by atoms with van der Waals surface area (Å²) < 4.78 is 1.78. The van der Waals surface area contributed by atoms with E-state index in [1.54, 1.807) is 27.6 Å². The minimum atomic E-state index is -0.171. The second-order valence-electron chi connectivity index (χ2n) is 7.46. The zero-order valence-electron chi connectivity index (χ0n) is 17.0. The second-order valence-corrected chi connectivity index (χ2v) is 7.46. The number of hydrogen-bond donors (Lipinski definition) is 3. The maximum Gasteiger partial charge on any atom is 0.257 e. The molecule has 10 nitrogen and oxygen atoms in total. The lowest BCUT2D eigenvalue weighted by Crippen LogP contribution is -2.49. The van der Waals surface area contributed by atoms with Crippen molar-refractivity contribution in [3.8, 4) is 5.75 Å². The fourth-order valence-corrected chi connectivity index (χ4v) is 3.69. The molecule has 1 amide bonds. The van der Waals surface area contributed by atoms with Crippen molar-refractivity contribution in [3.05, 3.63) is 59.9 Å². The number of benzene rings is 1. The number of hydrogen-bond acceptors (Lipinski definition) is 7. The molecule has 0 spiro atoms. The zero-order valence-corrected chi connectivity index (χ0v) is 17.0. The molecule has 31 heavy (non-hydrogen) atoms. The Hall–Kier alpha value is -4.08. The molecule has 1 saturated heterocycles. The molecule has 10 heteroatoms. The van der Waals surface area contributed by atoms with Crippen LogP contribution in [0.1, 0.15) is 16.1 Å². The number of nitrogens with zero attached hydrogens (tertiary/aromatic N) is 6. The Morgan fingerprint density at radius 1 is 1.13 bits per heavy atom. The van der Waals surface area contributed by atoms with Crippen LogP contribution in [0.5, 0.6) is 5.75 Å². The van der Waals surface area contributed by atoms with Crippen molar-refractivity contribution in [2.24, 2.45) is 0 Å². The highest BCUT2D eigenvalue weighted by Gasteiger charge is 2.25. The molecule has 0 saturated carbocycles. The molecule has 0 unspecified atom stereocenters. The number of H-pyrrole nitrogens is 1. The first kappa shape index (κ1) is 18.9. The van der Waals surface area contributed by atoms with Crippen molar-refractivity contribution in [3.63, 3.8) is 0 Å². The van der Waals surface area contributed by atoms with Crippen molar-refractivity contribution < 1.29 is 9.90 Å². The van der Waals surface area contributed by atoms with Crippen LogP contribution in [0.2, 0.25) is 0 Å². The van der Waals surface area contributed by atoms with Crippen LogP contribution in [-0.4, -0.2) is 66.9 Å². The van der Waals surface area contributed by atoms with Crippen LogP contribution in [0.15, 0.2) is 48.7 Å². The van der Waals surface area contributed by atoms with Gasteiger partial charge in [0.15, 0.2) is 11.6 Å². The van der Waals surface area contributed by atoms with E-state index in [0.29, 0.717) is 49.3 Å². The molecule has 4 heterocycles. The predicted molar refractivity (Wildman–Crippen MR) is 116 cm³/mol. The summed E-state index contributed by atoms with van der Waals surface area (Å²) in [5.74, 6) is 1.75. The Kier molecular flexibility index (Phi) is 4.66. The van der Waals surface area contributed by atoms with Crippen LogP contribution in [0.3, 0.4) is 0 Å². The summed E-state index contributed by atoms with van der Waals surface area (Å²) in [5.41, 5.74) is 2.12. The number of aromatic amines is 1. The number of amides is 1. The molecule has 1 aliphatic rings. The average Bonchev–Trinajstić information content (AvgIpc) is 3.42. The minimum absolute atomic E-state index is 0.000594. The van der Waals surface area contributed by atoms with Gasteiger partial charge in [-0.2, -0.15) is 10.1 Å². The number of phenolic OH excluding ortho intramolecular Hbond substituents is 1. The Labute approximate surface area is 178 Å². The number of para-hydroxylation sites is 1. The van der Waals surface area contributed by atoms with E-state index in [2.05, 4.69) is 25.5 Å². The van der Waals surface area contributed by atoms with E-state index in [4.69, 9.17) is 4.98 Å². The van der Waals surface area contributed by atoms with Crippen molar-refractivity contribution in [2.45, 2.75) is 6.92 Å². The van der Waals surface area contributed by atoms with Gasteiger partial charge in [-0.3, -0.25) is 9.89 Å². The highest BCUT2D eigenvalue weighted by Crippen LogP contribution is 2.23. The fraction of sp³-hybridized carbons (Fsp3) is 0.238. The first-order chi connectivity index (χ1) is 15.1. The Bertz CT molecular complexity index is 1240. The Morgan fingerprint density at radius 3 is 2.68 bits per heavy atom. The number of fused-ring (bicyclic) bond motifs is 1. The Balaban J connectivity index is 1.35. The van der Waals surface area contributed by atoms with Gasteiger partial charge in [0, 0.05) is 44.1 Å². The average molecular weight is 418 g/mol. The van der Waals surface area contributed by atoms with E-state index in [1.165, 1.54) is 6.07 Å². The third-order valence-electron chi connectivity index (χ3n) is 5.32. The monoisotopic (exact) mass is 418 g/mol. The van der Waals surface area contributed by atoms with E-state index in [1.807, 2.05) is 31.3 Å². The van der Waals surface area contributed by atoms with Crippen molar-refractivity contribution in [1.82, 2.24) is 29.7 Å². The number of piperazine rings is 1. The number of aromatic nitrogens is 5. The lowest BCUT2D eigenvalue weighted by atomic mass is 10.1. The number of carbonyl (C=O) groups is 1. The van der Waals surface area contributed by atoms with E-state index in [0.717, 1.165) is 11.2 Å². The predicted octanol–water partition coefficient (Wildman–Crippen LogP) is 2.17. The SMILES string of the molecule is Cc1cc(Nc2nc(N3CCN(C(=O)c4ccccc4O)CC3)nn3cccc23)n[nH]1. The van der Waals surface area contributed by atoms with Gasteiger partial charge in [-0.1, -0.05) is 12.1 Å². The van der Waals surface area contributed by atoms with Crippen molar-refractivity contribution in [1.29, 1.82) is 0 Å². The van der Waals surface area contributed by atoms with Gasteiger partial charge < -0.3 is 20.2 Å². The van der Waals surface area contributed by atoms with E-state index >= 15 is 0 Å². The summed E-state index contributed by atoms with van der Waals surface area (Å²) in [6, 6.07) is 12.4. The first-order valence-corrected chi connectivity index (χ1v) is 10.0. The third-order valence-corrected chi connectivity index (χ3v) is 5.32. The summed E-state index contributed by atoms with van der Waals surface area (Å²) in [6.45, 7) is 4.15. The van der Waals surface area contributed by atoms with Crippen molar-refractivity contribution in [2.75, 3.05) is 36.4 Å². The molecule has 3 aromatic heterocycles. The molecule has 1 fully saturated rings. The summed E-state index contributed by atoms with van der Waals surface area (Å²) in [6.07, 6.45) is 1.87. The maximum atomic E-state index is 12.8. The number of aromatic hydroxyl groups is 1. The number of phenols is 1. The smallest absolute Gasteiger partial charge is 0.257 e. The van der Waals surface area contributed by atoms with Gasteiger partial charge in [-0.15, -0.1) is 5.10 Å². The lowest BCUT2D eigenvalue weighted by Gasteiger charge is -2.34. The fourth-order valence-electron chi connectivity index (χ4n) is 3.69. The van der Waals surface area contributed by atoms with Crippen LogP contribution in [0.4, 0.5) is 17.6 Å². The van der Waals surface area contributed by atoms with Gasteiger partial charge in [0.05, 0.1) is 5.56 Å².